The van der Waals surface area contributed by atoms with Crippen LogP contribution in [0.4, 0.5) is 11.4 Å². The monoisotopic (exact) mass is 306 g/mol. The lowest BCUT2D eigenvalue weighted by Gasteiger charge is -2.22. The van der Waals surface area contributed by atoms with Gasteiger partial charge in [0.05, 0.1) is 16.3 Å². The number of nitrogen functional groups attached to an aromatic ring is 1. The van der Waals surface area contributed by atoms with Gasteiger partial charge in [0.15, 0.2) is 0 Å². The summed E-state index contributed by atoms with van der Waals surface area (Å²) in [6.07, 6.45) is 3.43. The number of nitrogens with zero attached hydrogens (tertiary/aromatic N) is 2. The van der Waals surface area contributed by atoms with Crippen LogP contribution in [0.2, 0.25) is 0 Å². The molecule has 0 unspecified atom stereocenters. The number of nitrogens with two attached hydrogens (primary N) is 1. The molecular weight excluding hydrogens is 288 g/mol. The Bertz CT molecular complexity index is 717. The maximum atomic E-state index is 11.9. The van der Waals surface area contributed by atoms with Crippen molar-refractivity contribution in [3.63, 3.8) is 0 Å². The minimum atomic E-state index is -3.49. The molecule has 0 amide bonds. The molecule has 0 atom stereocenters. The van der Waals surface area contributed by atoms with Crippen LogP contribution in [0.5, 0.6) is 0 Å². The zero-order chi connectivity index (χ0) is 15.5. The Morgan fingerprint density at radius 3 is 2.52 bits per heavy atom. The van der Waals surface area contributed by atoms with Crippen LogP contribution in [0.15, 0.2) is 47.6 Å². The second-order valence-electron chi connectivity index (χ2n) is 4.64. The molecule has 0 aliphatic rings. The lowest BCUT2D eigenvalue weighted by Crippen LogP contribution is -2.21. The lowest BCUT2D eigenvalue weighted by molar-refractivity contribution is 0.588. The fraction of sp³-hybridized carbons (Fsp3) is 0.214. The molecule has 0 saturated heterocycles. The van der Waals surface area contributed by atoms with Crippen molar-refractivity contribution in [3.05, 3.63) is 48.3 Å². The molecule has 0 aliphatic heterocycles. The number of anilines is 2. The fourth-order valence-electron chi connectivity index (χ4n) is 1.99. The molecule has 6 nitrogen and oxygen atoms in total. The largest absolute Gasteiger partial charge is 0.397 e. The standard InChI is InChI=1S/C14H18N4O2S/c1-16-21(19,20)12-3-4-13(15)14(9-12)18(2)10-11-5-7-17-8-6-11/h3-9,16H,10,15H2,1-2H3. The molecule has 0 fully saturated rings. The van der Waals surface area contributed by atoms with E-state index in [1.807, 2.05) is 24.1 Å². The highest BCUT2D eigenvalue weighted by Crippen LogP contribution is 2.26. The number of rotatable bonds is 5. The van der Waals surface area contributed by atoms with Crippen LogP contribution < -0.4 is 15.4 Å². The molecule has 1 aromatic carbocycles. The van der Waals surface area contributed by atoms with Crippen LogP contribution in [0.3, 0.4) is 0 Å². The third kappa shape index (κ3) is 3.50. The van der Waals surface area contributed by atoms with E-state index in [1.54, 1.807) is 24.5 Å². The topological polar surface area (TPSA) is 88.3 Å². The van der Waals surface area contributed by atoms with Crippen molar-refractivity contribution in [3.8, 4) is 0 Å². The first-order valence-corrected chi connectivity index (χ1v) is 7.85. The SMILES string of the molecule is CNS(=O)(=O)c1ccc(N)c(N(C)Cc2ccncc2)c1. The van der Waals surface area contributed by atoms with Gasteiger partial charge in [0.25, 0.3) is 0 Å². The highest BCUT2D eigenvalue weighted by atomic mass is 32.2. The van der Waals surface area contributed by atoms with E-state index in [0.29, 0.717) is 17.9 Å². The van der Waals surface area contributed by atoms with Gasteiger partial charge in [-0.1, -0.05) is 0 Å². The normalized spacial score (nSPS) is 11.3. The lowest BCUT2D eigenvalue weighted by atomic mass is 10.2. The summed E-state index contributed by atoms with van der Waals surface area (Å²) in [5, 5.41) is 0. The smallest absolute Gasteiger partial charge is 0.240 e. The van der Waals surface area contributed by atoms with Gasteiger partial charge in [0.2, 0.25) is 10.0 Å². The summed E-state index contributed by atoms with van der Waals surface area (Å²) in [6.45, 7) is 0.607. The predicted octanol–water partition coefficient (Wildman–Crippen LogP) is 1.21. The summed E-state index contributed by atoms with van der Waals surface area (Å²) >= 11 is 0. The van der Waals surface area contributed by atoms with Gasteiger partial charge >= 0.3 is 0 Å². The molecule has 2 rings (SSSR count). The van der Waals surface area contributed by atoms with E-state index in [1.165, 1.54) is 13.1 Å². The number of pyridine rings is 1. The number of hydrogen-bond acceptors (Lipinski definition) is 5. The van der Waals surface area contributed by atoms with Gasteiger partial charge in [-0.15, -0.1) is 0 Å². The molecule has 7 heteroatoms. The van der Waals surface area contributed by atoms with E-state index >= 15 is 0 Å². The number of nitrogens with one attached hydrogen (secondary N) is 1. The van der Waals surface area contributed by atoms with E-state index in [4.69, 9.17) is 5.73 Å². The minimum absolute atomic E-state index is 0.191. The molecule has 1 aromatic heterocycles. The van der Waals surface area contributed by atoms with Crippen molar-refractivity contribution < 1.29 is 8.42 Å². The number of aromatic nitrogens is 1. The highest BCUT2D eigenvalue weighted by molar-refractivity contribution is 7.89. The van der Waals surface area contributed by atoms with Crippen molar-refractivity contribution in [1.82, 2.24) is 9.71 Å². The van der Waals surface area contributed by atoms with E-state index in [-0.39, 0.29) is 4.90 Å². The number of sulfonamides is 1. The molecule has 0 radical (unpaired) electrons. The quantitative estimate of drug-likeness (QED) is 0.811. The second kappa shape index (κ2) is 6.11. The Morgan fingerprint density at radius 1 is 1.24 bits per heavy atom. The van der Waals surface area contributed by atoms with Crippen LogP contribution in [-0.4, -0.2) is 27.5 Å². The first-order valence-electron chi connectivity index (χ1n) is 6.37. The zero-order valence-corrected chi connectivity index (χ0v) is 12.8. The minimum Gasteiger partial charge on any atom is -0.397 e. The van der Waals surface area contributed by atoms with Crippen LogP contribution in [-0.2, 0) is 16.6 Å². The summed E-state index contributed by atoms with van der Waals surface area (Å²) < 4.78 is 26.0. The molecule has 21 heavy (non-hydrogen) atoms. The molecule has 2 aromatic rings. The van der Waals surface area contributed by atoms with E-state index in [9.17, 15) is 8.42 Å². The number of benzene rings is 1. The van der Waals surface area contributed by atoms with Crippen molar-refractivity contribution in [2.45, 2.75) is 11.4 Å². The summed E-state index contributed by atoms with van der Waals surface area (Å²) in [5.74, 6) is 0. The maximum Gasteiger partial charge on any atom is 0.240 e. The summed E-state index contributed by atoms with van der Waals surface area (Å²) in [6, 6.07) is 8.47. The average Bonchev–Trinajstić information content (AvgIpc) is 2.48. The molecule has 3 N–H and O–H groups in total. The molecular formula is C14H18N4O2S. The molecule has 112 valence electrons. The zero-order valence-electron chi connectivity index (χ0n) is 11.9. The first kappa shape index (κ1) is 15.3. The Balaban J connectivity index is 2.32. The molecule has 1 heterocycles. The van der Waals surface area contributed by atoms with Crippen molar-refractivity contribution in [2.24, 2.45) is 0 Å². The Labute approximate surface area is 124 Å². The van der Waals surface area contributed by atoms with E-state index in [0.717, 1.165) is 5.56 Å². The second-order valence-corrected chi connectivity index (χ2v) is 6.53. The molecule has 0 aliphatic carbocycles. The van der Waals surface area contributed by atoms with Gasteiger partial charge < -0.3 is 10.6 Å². The van der Waals surface area contributed by atoms with Gasteiger partial charge in [0.1, 0.15) is 0 Å². The third-order valence-electron chi connectivity index (χ3n) is 3.16. The molecule has 0 bridgehead atoms. The van der Waals surface area contributed by atoms with Crippen molar-refractivity contribution >= 4 is 21.4 Å². The Morgan fingerprint density at radius 2 is 1.90 bits per heavy atom. The third-order valence-corrected chi connectivity index (χ3v) is 4.57. The van der Waals surface area contributed by atoms with Gasteiger partial charge in [-0.2, -0.15) is 0 Å². The van der Waals surface area contributed by atoms with Crippen LogP contribution in [0, 0.1) is 0 Å². The van der Waals surface area contributed by atoms with E-state index < -0.39 is 10.0 Å². The van der Waals surface area contributed by atoms with Crippen molar-refractivity contribution in [1.29, 1.82) is 0 Å². The summed E-state index contributed by atoms with van der Waals surface area (Å²) in [4.78, 5) is 6.06. The Hall–Kier alpha value is -2.12. The summed E-state index contributed by atoms with van der Waals surface area (Å²) in [5.41, 5.74) is 8.22. The van der Waals surface area contributed by atoms with Gasteiger partial charge in [-0.3, -0.25) is 4.98 Å². The fourth-order valence-corrected chi connectivity index (χ4v) is 2.74. The van der Waals surface area contributed by atoms with E-state index in [2.05, 4.69) is 9.71 Å². The van der Waals surface area contributed by atoms with Crippen LogP contribution >= 0.6 is 0 Å². The maximum absolute atomic E-state index is 11.9. The van der Waals surface area contributed by atoms with Crippen LogP contribution in [0.25, 0.3) is 0 Å². The average molecular weight is 306 g/mol. The highest BCUT2D eigenvalue weighted by Gasteiger charge is 2.15. The van der Waals surface area contributed by atoms with Gasteiger partial charge in [-0.25, -0.2) is 13.1 Å². The van der Waals surface area contributed by atoms with Crippen LogP contribution in [0.1, 0.15) is 5.56 Å². The summed E-state index contributed by atoms with van der Waals surface area (Å²) in [7, 11) is -0.242. The molecule has 0 saturated carbocycles. The Kier molecular flexibility index (Phi) is 4.44. The molecule has 0 spiro atoms. The first-order chi connectivity index (χ1) is 9.94. The van der Waals surface area contributed by atoms with Crippen molar-refractivity contribution in [2.75, 3.05) is 24.7 Å². The number of hydrogen-bond donors (Lipinski definition) is 2. The van der Waals surface area contributed by atoms with Gasteiger partial charge in [0, 0.05) is 26.0 Å². The van der Waals surface area contributed by atoms with Gasteiger partial charge in [-0.05, 0) is 42.9 Å². The predicted molar refractivity (Wildman–Crippen MR) is 83.4 cm³/mol.